The number of aliphatic imine (C=N–C) groups is 1. The average molecular weight is 850 g/mol. The second-order valence-corrected chi connectivity index (χ2v) is 16.5. The van der Waals surface area contributed by atoms with Gasteiger partial charge < -0.3 is 25.0 Å². The van der Waals surface area contributed by atoms with E-state index >= 15 is 0 Å². The summed E-state index contributed by atoms with van der Waals surface area (Å²) in [4.78, 5) is 52.4. The van der Waals surface area contributed by atoms with Crippen LogP contribution < -0.4 is 35.3 Å². The monoisotopic (exact) mass is 849 g/mol. The number of para-hydroxylation sites is 1. The number of benzene rings is 3. The van der Waals surface area contributed by atoms with E-state index in [4.69, 9.17) is 19.5 Å². The van der Waals surface area contributed by atoms with E-state index in [0.29, 0.717) is 12.2 Å². The van der Waals surface area contributed by atoms with E-state index in [-0.39, 0.29) is 62.6 Å². The fraction of sp³-hybridized carbons (Fsp3) is 0.465. The van der Waals surface area contributed by atoms with E-state index in [0.717, 1.165) is 50.0 Å². The summed E-state index contributed by atoms with van der Waals surface area (Å²) in [6, 6.07) is 14.4. The number of carbonyl (C=O) groups is 2. The minimum Gasteiger partial charge on any atom is -0.495 e. The van der Waals surface area contributed by atoms with Crippen LogP contribution in [0, 0.1) is 0 Å². The number of aromatic nitrogens is 2. The lowest BCUT2D eigenvalue weighted by Gasteiger charge is -2.22. The minimum atomic E-state index is -3.96. The Morgan fingerprint density at radius 2 is 1.49 bits per heavy atom. The first-order valence-electron chi connectivity index (χ1n) is 20.3. The number of sulfonamides is 1. The molecule has 4 aromatic rings. The van der Waals surface area contributed by atoms with E-state index in [2.05, 4.69) is 27.2 Å². The zero-order chi connectivity index (χ0) is 43.0. The predicted molar refractivity (Wildman–Crippen MR) is 241 cm³/mol. The van der Waals surface area contributed by atoms with Crippen LogP contribution in [-0.4, -0.2) is 75.0 Å². The van der Waals surface area contributed by atoms with Gasteiger partial charge in [0.2, 0.25) is 15.9 Å². The zero-order valence-electron chi connectivity index (χ0n) is 35.4. The molecule has 0 radical (unpaired) electrons. The van der Waals surface area contributed by atoms with Gasteiger partial charge in [0.05, 0.1) is 35.9 Å². The van der Waals surface area contributed by atoms with Gasteiger partial charge in [-0.1, -0.05) is 70.8 Å². The lowest BCUT2D eigenvalue weighted by Crippen LogP contribution is -2.32. The summed E-state index contributed by atoms with van der Waals surface area (Å²) in [6.07, 6.45) is 13.0. The molecule has 0 spiro atoms. The van der Waals surface area contributed by atoms with E-state index in [1.807, 2.05) is 26.0 Å². The summed E-state index contributed by atoms with van der Waals surface area (Å²) < 4.78 is 42.2. The smallest absolute Gasteiger partial charge is 0.278 e. The van der Waals surface area contributed by atoms with Crippen LogP contribution in [0.25, 0.3) is 10.9 Å². The van der Waals surface area contributed by atoms with Gasteiger partial charge in [-0.2, -0.15) is 0 Å². The standard InChI is InChI=1S/C43H59N7O7S2/c1-8-11-12-13-14-15-16-17-18-19-27-44-59(54,55)32-24-26-37(56-5)36(29-32)47-42(52)40(46-34-25-23-31(28-38(34)57-6)49(9-2)10-3)41-48-39-33(43(53)50(41)58-7)21-20-22-35(39)45-30(4)51/h20-26,28-29,44H,8-19,27H2,1-7H3,(H,45,51)(H,47,52). The third-order valence-corrected chi connectivity index (χ3v) is 12.0. The second kappa shape index (κ2) is 23.0. The molecule has 0 aliphatic rings. The van der Waals surface area contributed by atoms with Crippen LogP contribution in [0.5, 0.6) is 11.5 Å². The Morgan fingerprint density at radius 3 is 2.10 bits per heavy atom. The van der Waals surface area contributed by atoms with Gasteiger partial charge in [-0.15, -0.1) is 0 Å². The fourth-order valence-corrected chi connectivity index (χ4v) is 8.37. The SMILES string of the molecule is CCCCCCCCCCCCNS(=O)(=O)c1ccc(OC)c(NC(=O)C(=Nc2ccc(N(CC)CC)cc2OC)c2nc3c(NC(C)=O)cccc3c(=O)n2SC)c1. The van der Waals surface area contributed by atoms with Crippen molar-refractivity contribution in [3.63, 3.8) is 0 Å². The molecule has 0 aliphatic carbocycles. The van der Waals surface area contributed by atoms with Gasteiger partial charge in [-0.3, -0.25) is 14.4 Å². The molecule has 2 amide bonds. The van der Waals surface area contributed by atoms with Crippen molar-refractivity contribution in [1.29, 1.82) is 0 Å². The number of rotatable bonds is 24. The normalized spacial score (nSPS) is 11.7. The van der Waals surface area contributed by atoms with Crippen molar-refractivity contribution in [2.45, 2.75) is 96.8 Å². The van der Waals surface area contributed by atoms with Crippen LogP contribution in [0.1, 0.15) is 97.7 Å². The maximum absolute atomic E-state index is 14.6. The number of unbranched alkanes of at least 4 members (excludes halogenated alkanes) is 9. The van der Waals surface area contributed by atoms with Crippen molar-refractivity contribution < 1.29 is 27.5 Å². The first kappa shape index (κ1) is 46.8. The maximum Gasteiger partial charge on any atom is 0.278 e. The molecule has 0 aliphatic heterocycles. The third-order valence-electron chi connectivity index (χ3n) is 9.86. The van der Waals surface area contributed by atoms with Crippen LogP contribution >= 0.6 is 11.9 Å². The second-order valence-electron chi connectivity index (χ2n) is 14.0. The zero-order valence-corrected chi connectivity index (χ0v) is 37.0. The number of fused-ring (bicyclic) bond motifs is 1. The molecule has 4 rings (SSSR count). The average Bonchev–Trinajstić information content (AvgIpc) is 3.22. The molecule has 0 bridgehead atoms. The molecule has 1 aromatic heterocycles. The number of amides is 2. The van der Waals surface area contributed by atoms with E-state index in [9.17, 15) is 22.8 Å². The number of nitrogens with zero attached hydrogens (tertiary/aromatic N) is 4. The minimum absolute atomic E-state index is 0.0497. The highest BCUT2D eigenvalue weighted by atomic mass is 32.2. The summed E-state index contributed by atoms with van der Waals surface area (Å²) >= 11 is 1.02. The largest absolute Gasteiger partial charge is 0.495 e. The third kappa shape index (κ3) is 12.5. The lowest BCUT2D eigenvalue weighted by molar-refractivity contribution is -0.114. The van der Waals surface area contributed by atoms with Crippen LogP contribution in [0.15, 0.2) is 69.3 Å². The summed E-state index contributed by atoms with van der Waals surface area (Å²) in [5.74, 6) is -0.775. The summed E-state index contributed by atoms with van der Waals surface area (Å²) in [5.41, 5.74) is 0.835. The molecule has 320 valence electrons. The molecule has 1 heterocycles. The van der Waals surface area contributed by atoms with Crippen molar-refractivity contribution in [2.24, 2.45) is 4.99 Å². The van der Waals surface area contributed by atoms with Gasteiger partial charge in [-0.05, 0) is 74.7 Å². The van der Waals surface area contributed by atoms with Crippen molar-refractivity contribution in [2.75, 3.05) is 55.6 Å². The molecule has 0 saturated heterocycles. The van der Waals surface area contributed by atoms with Gasteiger partial charge in [0.1, 0.15) is 22.7 Å². The highest BCUT2D eigenvalue weighted by Crippen LogP contribution is 2.34. The first-order valence-corrected chi connectivity index (χ1v) is 23.0. The van der Waals surface area contributed by atoms with Gasteiger partial charge in [0, 0.05) is 44.6 Å². The topological polar surface area (TPSA) is 173 Å². The number of ether oxygens (including phenoxy) is 2. The molecule has 0 saturated carbocycles. The summed E-state index contributed by atoms with van der Waals surface area (Å²) in [5, 5.41) is 5.71. The Balaban J connectivity index is 1.73. The van der Waals surface area contributed by atoms with E-state index in [1.54, 1.807) is 30.5 Å². The Kier molecular flexibility index (Phi) is 18.2. The van der Waals surface area contributed by atoms with Crippen molar-refractivity contribution in [1.82, 2.24) is 13.7 Å². The van der Waals surface area contributed by atoms with Gasteiger partial charge in [0.15, 0.2) is 11.5 Å². The van der Waals surface area contributed by atoms with E-state index < -0.39 is 21.5 Å². The molecular weight excluding hydrogens is 791 g/mol. The molecule has 0 unspecified atom stereocenters. The molecule has 16 heteroatoms. The van der Waals surface area contributed by atoms with Gasteiger partial charge in [0.25, 0.3) is 11.5 Å². The van der Waals surface area contributed by atoms with Crippen molar-refractivity contribution in [3.05, 3.63) is 70.8 Å². The Bertz CT molecular complexity index is 2260. The fourth-order valence-electron chi connectivity index (χ4n) is 6.71. The number of hydrogen-bond acceptors (Lipinski definition) is 11. The quantitative estimate of drug-likeness (QED) is 0.0460. The number of methoxy groups -OCH3 is 2. The Labute approximate surface area is 352 Å². The number of carbonyl (C=O) groups excluding carboxylic acids is 2. The van der Waals surface area contributed by atoms with Gasteiger partial charge >= 0.3 is 0 Å². The molecule has 0 fully saturated rings. The Morgan fingerprint density at radius 1 is 0.831 bits per heavy atom. The molecule has 59 heavy (non-hydrogen) atoms. The van der Waals surface area contributed by atoms with Crippen LogP contribution in [0.3, 0.4) is 0 Å². The number of anilines is 3. The predicted octanol–water partition coefficient (Wildman–Crippen LogP) is 8.30. The molecular formula is C43H59N7O7S2. The molecule has 3 aromatic carbocycles. The van der Waals surface area contributed by atoms with Crippen molar-refractivity contribution in [3.8, 4) is 11.5 Å². The Hall–Kier alpha value is -4.93. The number of nitrogens with one attached hydrogen (secondary N) is 3. The molecule has 14 nitrogen and oxygen atoms in total. The highest BCUT2D eigenvalue weighted by molar-refractivity contribution is 7.97. The molecule has 3 N–H and O–H groups in total. The highest BCUT2D eigenvalue weighted by Gasteiger charge is 2.26. The maximum atomic E-state index is 14.6. The van der Waals surface area contributed by atoms with Crippen LogP contribution in [0.4, 0.5) is 22.7 Å². The summed E-state index contributed by atoms with van der Waals surface area (Å²) in [6.45, 7) is 9.40. The van der Waals surface area contributed by atoms with Crippen molar-refractivity contribution >= 4 is 73.1 Å². The van der Waals surface area contributed by atoms with E-state index in [1.165, 1.54) is 81.8 Å². The van der Waals surface area contributed by atoms with Gasteiger partial charge in [-0.25, -0.2) is 27.1 Å². The van der Waals surface area contributed by atoms with Crippen LogP contribution in [-0.2, 0) is 19.6 Å². The molecule has 0 atom stereocenters. The van der Waals surface area contributed by atoms with Crippen LogP contribution in [0.2, 0.25) is 0 Å². The first-order chi connectivity index (χ1) is 28.4. The number of hydrogen-bond donors (Lipinski definition) is 3. The summed E-state index contributed by atoms with van der Waals surface area (Å²) in [7, 11) is -1.06. The lowest BCUT2D eigenvalue weighted by atomic mass is 10.1.